The molecule has 0 aliphatic carbocycles. The molecule has 2 nitrogen and oxygen atoms in total. The zero-order valence-electron chi connectivity index (χ0n) is 9.18. The molecule has 0 aromatic rings. The van der Waals surface area contributed by atoms with Crippen molar-refractivity contribution in [1.29, 1.82) is 0 Å². The third-order valence-electron chi connectivity index (χ3n) is 1.72. The molecule has 0 aromatic carbocycles. The van der Waals surface area contributed by atoms with Crippen LogP contribution in [0.1, 0.15) is 43.6 Å². The van der Waals surface area contributed by atoms with Crippen LogP contribution in [0.25, 0.3) is 0 Å². The van der Waals surface area contributed by atoms with Crippen LogP contribution in [-0.2, 0) is 8.54 Å². The van der Waals surface area contributed by atoms with Gasteiger partial charge in [-0.2, -0.15) is 0 Å². The summed E-state index contributed by atoms with van der Waals surface area (Å²) in [6, 6.07) is 1.23. The van der Waals surface area contributed by atoms with E-state index in [1.807, 2.05) is 0 Å². The Labute approximate surface area is 109 Å². The highest BCUT2D eigenvalue weighted by Gasteiger charge is 2.26. The van der Waals surface area contributed by atoms with Gasteiger partial charge in [0.1, 0.15) is 0 Å². The maximum Gasteiger partial charge on any atom is 0.307 e. The fraction of sp³-hybridized carbons (Fsp3) is 1.00. The third-order valence-corrected chi connectivity index (χ3v) is 8.06. The Morgan fingerprint density at radius 2 is 1.44 bits per heavy atom. The average Bonchev–Trinajstić information content (AvgIpc) is 1.83. The fourth-order valence-electron chi connectivity index (χ4n) is 1.53. The molecule has 16 heavy (non-hydrogen) atoms. The zero-order valence-corrected chi connectivity index (χ0v) is 11.3. The second-order valence-electron chi connectivity index (χ2n) is 4.28. The first-order valence-electron chi connectivity index (χ1n) is 4.58. The number of rotatable bonds is 5. The predicted octanol–water partition coefficient (Wildman–Crippen LogP) is 4.91. The summed E-state index contributed by atoms with van der Waals surface area (Å²) < 4.78 is 11.2. The van der Waals surface area contributed by atoms with Crippen molar-refractivity contribution in [3.8, 4) is 0 Å². The molecule has 0 spiro atoms. The minimum absolute atomic E-state index is 0. The van der Waals surface area contributed by atoms with E-state index in [0.29, 0.717) is 0 Å². The van der Waals surface area contributed by atoms with Gasteiger partial charge in [0.05, 0.1) is 0 Å². The highest BCUT2D eigenvalue weighted by atomic mass is 28.4. The standard InChI is InChI=1S/C8H22O2Si2.4CH4/c1-8(2)7-12(5,6)10-11(4)9-3;;;;/h8,11H,7H2,1-6H3;4*1H4. The van der Waals surface area contributed by atoms with Crippen molar-refractivity contribution in [3.05, 3.63) is 0 Å². The number of hydrogen-bond acceptors (Lipinski definition) is 2. The van der Waals surface area contributed by atoms with E-state index in [0.717, 1.165) is 5.92 Å². The van der Waals surface area contributed by atoms with Crippen LogP contribution in [0.5, 0.6) is 0 Å². The van der Waals surface area contributed by atoms with Gasteiger partial charge in [-0.1, -0.05) is 43.6 Å². The van der Waals surface area contributed by atoms with E-state index in [1.165, 1.54) is 6.04 Å². The van der Waals surface area contributed by atoms with E-state index in [-0.39, 0.29) is 29.7 Å². The van der Waals surface area contributed by atoms with E-state index in [9.17, 15) is 0 Å². The van der Waals surface area contributed by atoms with Gasteiger partial charge in [0.15, 0.2) is 8.32 Å². The lowest BCUT2D eigenvalue weighted by Gasteiger charge is -2.27. The third kappa shape index (κ3) is 16.8. The molecular weight excluding hydrogens is 232 g/mol. The van der Waals surface area contributed by atoms with Crippen LogP contribution in [0.2, 0.25) is 25.7 Å². The summed E-state index contributed by atoms with van der Waals surface area (Å²) in [4.78, 5) is 0. The molecule has 0 radical (unpaired) electrons. The van der Waals surface area contributed by atoms with Gasteiger partial charge >= 0.3 is 9.28 Å². The van der Waals surface area contributed by atoms with Gasteiger partial charge in [0, 0.05) is 7.11 Å². The Bertz CT molecular complexity index is 128. The molecular formula is C12H38O2Si2. The van der Waals surface area contributed by atoms with Crippen molar-refractivity contribution in [2.45, 2.75) is 69.2 Å². The van der Waals surface area contributed by atoms with Gasteiger partial charge in [-0.25, -0.2) is 0 Å². The Morgan fingerprint density at radius 3 is 1.69 bits per heavy atom. The van der Waals surface area contributed by atoms with E-state index in [2.05, 4.69) is 33.5 Å². The van der Waals surface area contributed by atoms with Crippen LogP contribution >= 0.6 is 0 Å². The summed E-state index contributed by atoms with van der Waals surface area (Å²) in [5, 5.41) is 0. The molecule has 106 valence electrons. The van der Waals surface area contributed by atoms with Crippen molar-refractivity contribution in [2.24, 2.45) is 5.92 Å². The molecule has 0 saturated heterocycles. The molecule has 0 rings (SSSR count). The second-order valence-corrected chi connectivity index (χ2v) is 10.8. The first-order chi connectivity index (χ1) is 5.37. The molecule has 0 saturated carbocycles. The van der Waals surface area contributed by atoms with Crippen LogP contribution in [0, 0.1) is 5.92 Å². The first kappa shape index (κ1) is 29.9. The molecule has 1 unspecified atom stereocenters. The largest absolute Gasteiger partial charge is 0.438 e. The van der Waals surface area contributed by atoms with Gasteiger partial charge in [0.2, 0.25) is 0 Å². The molecule has 0 aromatic heterocycles. The van der Waals surface area contributed by atoms with Crippen LogP contribution in [0.4, 0.5) is 0 Å². The smallest absolute Gasteiger partial charge is 0.307 e. The average molecular weight is 271 g/mol. The maximum atomic E-state index is 5.95. The fourth-order valence-corrected chi connectivity index (χ4v) is 7.86. The van der Waals surface area contributed by atoms with E-state index >= 15 is 0 Å². The van der Waals surface area contributed by atoms with Crippen molar-refractivity contribution in [3.63, 3.8) is 0 Å². The minimum Gasteiger partial charge on any atom is -0.438 e. The Kier molecular flexibility index (Phi) is 25.1. The summed E-state index contributed by atoms with van der Waals surface area (Å²) in [6.07, 6.45) is 0. The van der Waals surface area contributed by atoms with Crippen LogP contribution in [0.3, 0.4) is 0 Å². The second kappa shape index (κ2) is 13.4. The predicted molar refractivity (Wildman–Crippen MR) is 85.2 cm³/mol. The summed E-state index contributed by atoms with van der Waals surface area (Å²) in [5.41, 5.74) is 0. The molecule has 1 atom stereocenters. The summed E-state index contributed by atoms with van der Waals surface area (Å²) in [5.74, 6) is 0.740. The van der Waals surface area contributed by atoms with Crippen molar-refractivity contribution >= 4 is 17.6 Å². The lowest BCUT2D eigenvalue weighted by Crippen LogP contribution is -2.38. The lowest BCUT2D eigenvalue weighted by atomic mass is 10.3. The molecule has 0 fully saturated rings. The van der Waals surface area contributed by atoms with Gasteiger partial charge in [0.25, 0.3) is 0 Å². The molecule has 0 amide bonds. The molecule has 0 N–H and O–H groups in total. The van der Waals surface area contributed by atoms with Crippen LogP contribution in [-0.4, -0.2) is 24.7 Å². The summed E-state index contributed by atoms with van der Waals surface area (Å²) in [7, 11) is -0.970. The zero-order chi connectivity index (χ0) is 9.78. The monoisotopic (exact) mass is 270 g/mol. The highest BCUT2D eigenvalue weighted by molar-refractivity contribution is 6.76. The van der Waals surface area contributed by atoms with Gasteiger partial charge in [-0.05, 0) is 31.6 Å². The van der Waals surface area contributed by atoms with Gasteiger partial charge in [-0.15, -0.1) is 0 Å². The molecule has 0 aliphatic rings. The Hall–Kier alpha value is 0.354. The first-order valence-corrected chi connectivity index (χ1v) is 9.79. The summed E-state index contributed by atoms with van der Waals surface area (Å²) in [6.45, 7) is 11.1. The Balaban J connectivity index is -0.000000101. The quantitative estimate of drug-likeness (QED) is 0.661. The molecule has 0 bridgehead atoms. The van der Waals surface area contributed by atoms with E-state index in [1.54, 1.807) is 7.11 Å². The molecule has 4 heteroatoms. The lowest BCUT2D eigenvalue weighted by molar-refractivity contribution is 0.336. The SMILES string of the molecule is C.C.C.C.CO[SiH](C)O[Si](C)(C)CC(C)C. The molecule has 0 aliphatic heterocycles. The molecule has 0 heterocycles. The van der Waals surface area contributed by atoms with E-state index < -0.39 is 17.6 Å². The van der Waals surface area contributed by atoms with Gasteiger partial charge in [-0.3, -0.25) is 0 Å². The van der Waals surface area contributed by atoms with Crippen molar-refractivity contribution in [1.82, 2.24) is 0 Å². The van der Waals surface area contributed by atoms with E-state index in [4.69, 9.17) is 8.54 Å². The van der Waals surface area contributed by atoms with Crippen LogP contribution < -0.4 is 0 Å². The normalized spacial score (nSPS) is 11.4. The maximum absolute atomic E-state index is 5.95. The summed E-state index contributed by atoms with van der Waals surface area (Å²) >= 11 is 0. The van der Waals surface area contributed by atoms with Crippen LogP contribution in [0.15, 0.2) is 0 Å². The topological polar surface area (TPSA) is 18.5 Å². The minimum atomic E-state index is -1.41. The number of hydrogen-bond donors (Lipinski definition) is 0. The van der Waals surface area contributed by atoms with Crippen molar-refractivity contribution < 1.29 is 8.54 Å². The van der Waals surface area contributed by atoms with Crippen molar-refractivity contribution in [2.75, 3.05) is 7.11 Å². The Morgan fingerprint density at radius 1 is 1.06 bits per heavy atom. The van der Waals surface area contributed by atoms with Gasteiger partial charge < -0.3 is 8.54 Å². The highest BCUT2D eigenvalue weighted by Crippen LogP contribution is 2.18.